The predicted molar refractivity (Wildman–Crippen MR) is 267 cm³/mol. The summed E-state index contributed by atoms with van der Waals surface area (Å²) in [6, 6.07) is 23.0. The van der Waals surface area contributed by atoms with Gasteiger partial charge in [0.05, 0.1) is 11.2 Å². The zero-order chi connectivity index (χ0) is 47.7. The van der Waals surface area contributed by atoms with E-state index in [1.165, 1.54) is 29.7 Å². The highest BCUT2D eigenvalue weighted by Crippen LogP contribution is 2.24. The number of aliphatic hydroxyl groups is 2. The second-order valence-electron chi connectivity index (χ2n) is 15.7. The summed E-state index contributed by atoms with van der Waals surface area (Å²) in [5.74, 6) is 3.03. The summed E-state index contributed by atoms with van der Waals surface area (Å²) < 4.78 is 13.8. The molecule has 0 aliphatic heterocycles. The smallest absolute Gasteiger partial charge is 0.287 e. The molecule has 0 spiro atoms. The average molecular weight is 992 g/mol. The molecule has 2 aromatic carbocycles. The number of aromatic nitrogens is 6. The Morgan fingerprint density at radius 1 is 0.692 bits per heavy atom. The van der Waals surface area contributed by atoms with E-state index >= 15 is 0 Å². The molecule has 0 unspecified atom stereocenters. The van der Waals surface area contributed by atoms with E-state index in [0.717, 1.165) is 75.9 Å². The number of nitrogens with one attached hydrogen (secondary N) is 3. The number of pyridine rings is 2. The quantitative estimate of drug-likeness (QED) is 0.0428. The van der Waals surface area contributed by atoms with Gasteiger partial charge in [-0.2, -0.15) is 0 Å². The van der Waals surface area contributed by atoms with Crippen LogP contribution in [0.4, 0.5) is 0 Å². The van der Waals surface area contributed by atoms with Crippen LogP contribution in [-0.4, -0.2) is 103 Å². The number of aromatic amines is 1. The number of halogens is 1. The van der Waals surface area contributed by atoms with Crippen molar-refractivity contribution >= 4 is 39.5 Å². The van der Waals surface area contributed by atoms with Crippen LogP contribution in [0.3, 0.4) is 0 Å². The molecule has 17 heteroatoms. The zero-order valence-electron chi connectivity index (χ0n) is 38.5. The second-order valence-corrected chi connectivity index (χ2v) is 18.8. The predicted octanol–water partition coefficient (Wildman–Crippen LogP) is 7.25. The normalized spacial score (nSPS) is 10.9. The van der Waals surface area contributed by atoms with Gasteiger partial charge in [-0.1, -0.05) is 28.1 Å². The van der Waals surface area contributed by atoms with E-state index in [4.69, 9.17) is 9.47 Å². The third-order valence-electron chi connectivity index (χ3n) is 8.49. The number of aryl methyl sites for hydroxylation is 4. The van der Waals surface area contributed by atoms with E-state index in [1.807, 2.05) is 101 Å². The number of ether oxygens (including phenoxy) is 2. The van der Waals surface area contributed by atoms with E-state index < -0.39 is 11.2 Å². The molecule has 5 N–H and O–H groups in total. The lowest BCUT2D eigenvalue weighted by atomic mass is 10.1. The van der Waals surface area contributed by atoms with Gasteiger partial charge in [-0.3, -0.25) is 24.1 Å². The molecule has 6 aromatic rings. The number of likely N-dealkylation sites (N-methyl/N-ethyl adjacent to an activating group) is 2. The number of hydrogen-bond donors (Lipinski definition) is 5. The van der Waals surface area contributed by atoms with Gasteiger partial charge >= 0.3 is 0 Å². The van der Waals surface area contributed by atoms with Crippen LogP contribution in [0.2, 0.25) is 0 Å². The summed E-state index contributed by atoms with van der Waals surface area (Å²) in [7, 11) is 3.88. The molecule has 0 saturated heterocycles. The Morgan fingerprint density at radius 2 is 1.22 bits per heavy atom. The number of nitrogens with zero attached hydrogens (tertiary/aromatic N) is 5. The summed E-state index contributed by atoms with van der Waals surface area (Å²) in [5.41, 5.74) is 2.74. The molecule has 0 saturated carbocycles. The number of hydrogen-bond acceptors (Lipinski definition) is 14. The van der Waals surface area contributed by atoms with Gasteiger partial charge in [0.15, 0.2) is 10.1 Å². The first-order valence-corrected chi connectivity index (χ1v) is 23.8. The van der Waals surface area contributed by atoms with Crippen LogP contribution in [0.25, 0.3) is 5.69 Å². The molecule has 6 rings (SSSR count). The van der Waals surface area contributed by atoms with Crippen molar-refractivity contribution in [1.29, 1.82) is 0 Å². The lowest BCUT2D eigenvalue weighted by Gasteiger charge is -2.19. The van der Waals surface area contributed by atoms with Crippen molar-refractivity contribution in [2.45, 2.75) is 75.6 Å². The summed E-state index contributed by atoms with van der Waals surface area (Å²) in [6.07, 6.45) is 11.6. The monoisotopic (exact) mass is 990 g/mol. The highest BCUT2D eigenvalue weighted by molar-refractivity contribution is 9.10. The number of H-pyrrole nitrogens is 1. The molecule has 65 heavy (non-hydrogen) atoms. The molecule has 0 atom stereocenters. The van der Waals surface area contributed by atoms with Crippen LogP contribution in [0.1, 0.15) is 50.2 Å². The highest BCUT2D eigenvalue weighted by Gasteiger charge is 2.16. The van der Waals surface area contributed by atoms with Crippen molar-refractivity contribution in [1.82, 2.24) is 40.1 Å². The maximum Gasteiger partial charge on any atom is 0.287 e. The minimum absolute atomic E-state index is 0.131. The molecule has 0 aliphatic rings. The van der Waals surface area contributed by atoms with Crippen LogP contribution in [0.15, 0.2) is 134 Å². The molecular weight excluding hydrogens is 929 g/mol. The van der Waals surface area contributed by atoms with Crippen molar-refractivity contribution in [2.24, 2.45) is 0 Å². The number of benzene rings is 2. The minimum atomic E-state index is -0.908. The Bertz CT molecular complexity index is 2390. The van der Waals surface area contributed by atoms with E-state index in [9.17, 15) is 19.8 Å². The van der Waals surface area contributed by atoms with Gasteiger partial charge in [0.25, 0.3) is 11.1 Å². The molecule has 4 aromatic heterocycles. The Morgan fingerprint density at radius 3 is 1.69 bits per heavy atom. The van der Waals surface area contributed by atoms with Crippen LogP contribution in [0.5, 0.6) is 11.5 Å². The molecule has 4 heterocycles. The summed E-state index contributed by atoms with van der Waals surface area (Å²) >= 11 is 6.26. The van der Waals surface area contributed by atoms with Gasteiger partial charge in [0.2, 0.25) is 0 Å². The SMILES string of the molecule is CNCCNC.Cc1cc(-n2ccnc(SCCc3ccccn3)c2=O)ccc1OCC(C)(C)O.Cc1cc(Br)ccc1OCC(C)(C)O.O=c1[nH]ccnc1SCCc1ccccn1. The Balaban J connectivity index is 0.000000263. The van der Waals surface area contributed by atoms with Crippen LogP contribution < -0.4 is 31.2 Å². The molecule has 0 bridgehead atoms. The highest BCUT2D eigenvalue weighted by atomic mass is 79.9. The average Bonchev–Trinajstić information content (AvgIpc) is 3.27. The zero-order valence-corrected chi connectivity index (χ0v) is 41.7. The van der Waals surface area contributed by atoms with Crippen molar-refractivity contribution in [3.05, 3.63) is 158 Å². The van der Waals surface area contributed by atoms with Gasteiger partial charge in [0, 0.05) is 83.3 Å². The lowest BCUT2D eigenvalue weighted by Crippen LogP contribution is -2.28. The van der Waals surface area contributed by atoms with Crippen molar-refractivity contribution in [2.75, 3.05) is 51.9 Å². The molecule has 0 amide bonds. The first kappa shape index (κ1) is 54.5. The van der Waals surface area contributed by atoms with Crippen molar-refractivity contribution in [3.8, 4) is 17.2 Å². The third kappa shape index (κ3) is 22.2. The first-order chi connectivity index (χ1) is 31.0. The van der Waals surface area contributed by atoms with Gasteiger partial charge in [0.1, 0.15) is 24.7 Å². The molecule has 0 fully saturated rings. The largest absolute Gasteiger partial charge is 0.490 e. The van der Waals surface area contributed by atoms with E-state index in [-0.39, 0.29) is 17.7 Å². The fraction of sp³-hybridized carbons (Fsp3) is 0.375. The van der Waals surface area contributed by atoms with Gasteiger partial charge in [-0.05, 0) is 140 Å². The summed E-state index contributed by atoms with van der Waals surface area (Å²) in [6.45, 7) is 13.3. The van der Waals surface area contributed by atoms with Gasteiger partial charge in [-0.15, -0.1) is 23.5 Å². The lowest BCUT2D eigenvalue weighted by molar-refractivity contribution is 0.0279. The Kier molecular flexibility index (Phi) is 24.2. The van der Waals surface area contributed by atoms with Crippen LogP contribution in [0, 0.1) is 13.8 Å². The minimum Gasteiger partial charge on any atom is -0.490 e. The summed E-state index contributed by atoms with van der Waals surface area (Å²) in [4.78, 5) is 43.5. The van der Waals surface area contributed by atoms with E-state index in [2.05, 4.69) is 51.5 Å². The van der Waals surface area contributed by atoms with Crippen molar-refractivity contribution in [3.63, 3.8) is 0 Å². The standard InChI is InChI=1S/C22H25N3O3S.C11H15BrO2.C11H11N3OS.C4H12N2/c1-16-14-18(7-8-19(16)28-15-22(2,3)27)25-12-11-24-20(21(25)26)29-13-9-17-6-4-5-10-23-17;1-8-6-9(12)4-5-10(8)14-7-11(2,3)13;15-10-11(14-7-6-13-10)16-8-4-9-3-1-2-5-12-9;1-5-3-4-6-2/h4-8,10-12,14,27H,9,13,15H2,1-3H3;4-6,13H,7H2,1-3H3;1-3,5-7H,4,8H2,(H,13,15);5-6H,3-4H2,1-2H3. The number of rotatable bonds is 18. The molecule has 0 aliphatic carbocycles. The molecular formula is C48H63BrN8O6S2. The third-order valence-corrected chi connectivity index (χ3v) is 10.9. The molecule has 0 radical (unpaired) electrons. The summed E-state index contributed by atoms with van der Waals surface area (Å²) in [5, 5.41) is 26.3. The maximum atomic E-state index is 12.9. The van der Waals surface area contributed by atoms with Crippen LogP contribution in [-0.2, 0) is 12.8 Å². The fourth-order valence-electron chi connectivity index (χ4n) is 5.21. The molecule has 350 valence electrons. The topological polar surface area (TPSA) is 189 Å². The van der Waals surface area contributed by atoms with Crippen molar-refractivity contribution < 1.29 is 19.7 Å². The Labute approximate surface area is 399 Å². The van der Waals surface area contributed by atoms with Gasteiger partial charge in [-0.25, -0.2) is 9.97 Å². The maximum absolute atomic E-state index is 12.9. The number of thioether (sulfide) groups is 2. The van der Waals surface area contributed by atoms with E-state index in [1.54, 1.807) is 63.2 Å². The van der Waals surface area contributed by atoms with E-state index in [0.29, 0.717) is 22.4 Å². The fourth-order valence-corrected chi connectivity index (χ4v) is 7.38. The Hall–Kier alpha value is -4.88. The van der Waals surface area contributed by atoms with Crippen LogP contribution >= 0.6 is 39.5 Å². The van der Waals surface area contributed by atoms with Gasteiger partial charge < -0.3 is 35.3 Å². The first-order valence-electron chi connectivity index (χ1n) is 21.0. The molecule has 14 nitrogen and oxygen atoms in total. The second kappa shape index (κ2) is 28.9.